The summed E-state index contributed by atoms with van der Waals surface area (Å²) in [4.78, 5) is 14.8. The molecule has 5 heteroatoms. The maximum absolute atomic E-state index is 12.6. The Morgan fingerprint density at radius 3 is 2.26 bits per heavy atom. The number of rotatable bonds is 7. The van der Waals surface area contributed by atoms with Crippen LogP contribution in [0.2, 0.25) is 0 Å². The predicted octanol–water partition coefficient (Wildman–Crippen LogP) is 4.21. The van der Waals surface area contributed by atoms with Gasteiger partial charge in [0.15, 0.2) is 0 Å². The minimum absolute atomic E-state index is 0.0291. The summed E-state index contributed by atoms with van der Waals surface area (Å²) >= 11 is 2.06. The molecule has 4 nitrogen and oxygen atoms in total. The van der Waals surface area contributed by atoms with Crippen molar-refractivity contribution in [3.8, 4) is 0 Å². The Hall–Kier alpha value is -1.04. The smallest absolute Gasteiger partial charge is 0.307 e. The number of ether oxygens (including phenoxy) is 2. The molecule has 1 saturated carbocycles. The Bertz CT molecular complexity index is 677. The van der Waals surface area contributed by atoms with Crippen LogP contribution < -0.4 is 0 Å². The molecule has 1 aliphatic carbocycles. The van der Waals surface area contributed by atoms with E-state index in [1.807, 2.05) is 7.11 Å². The van der Waals surface area contributed by atoms with Crippen molar-refractivity contribution in [1.29, 1.82) is 0 Å². The molecule has 0 amide bonds. The minimum Gasteiger partial charge on any atom is -0.462 e. The molecule has 2 aliphatic heterocycles. The van der Waals surface area contributed by atoms with Crippen LogP contribution in [0.25, 0.3) is 0 Å². The van der Waals surface area contributed by atoms with Gasteiger partial charge < -0.3 is 14.4 Å². The number of esters is 1. The SMILES string of the molecule is CCN(CC)CCC(=O)O[C@@H]1CC[C@H](OC)C2C1[C@@H]1S[C@H]2c2ccccc21. The maximum Gasteiger partial charge on any atom is 0.307 e. The second-order valence-electron chi connectivity index (χ2n) is 7.92. The van der Waals surface area contributed by atoms with Crippen molar-refractivity contribution < 1.29 is 14.3 Å². The lowest BCUT2D eigenvalue weighted by molar-refractivity contribution is -0.160. The summed E-state index contributed by atoms with van der Waals surface area (Å²) in [7, 11) is 1.83. The molecule has 1 aromatic carbocycles. The standard InChI is InChI=1S/C22H31NO3S/c1-4-23(5-2)13-12-18(24)26-17-11-10-16(25-3)19-20(17)22-15-9-7-6-8-14(15)21(19)27-22/h6-9,16-17,19-22H,4-5,10-13H2,1-3H3/t16-,17+,19?,20?,21-,22+/m0/s1. The van der Waals surface area contributed by atoms with Crippen molar-refractivity contribution in [2.75, 3.05) is 26.7 Å². The van der Waals surface area contributed by atoms with E-state index in [1.165, 1.54) is 11.1 Å². The molecule has 0 spiro atoms. The molecule has 1 aromatic rings. The largest absolute Gasteiger partial charge is 0.462 e. The number of carbonyl (C=O) groups is 1. The molecule has 2 bridgehead atoms. The summed E-state index contributed by atoms with van der Waals surface area (Å²) in [6.45, 7) is 7.01. The first-order chi connectivity index (χ1) is 13.2. The molecule has 27 heavy (non-hydrogen) atoms. The Morgan fingerprint density at radius 2 is 1.67 bits per heavy atom. The monoisotopic (exact) mass is 389 g/mol. The summed E-state index contributed by atoms with van der Waals surface area (Å²) in [5, 5.41) is 0.924. The molecule has 0 radical (unpaired) electrons. The minimum atomic E-state index is -0.0393. The number of thioether (sulfide) groups is 1. The second kappa shape index (κ2) is 8.14. The molecular formula is C22H31NO3S. The Morgan fingerprint density at radius 1 is 1.07 bits per heavy atom. The molecule has 1 saturated heterocycles. The molecule has 148 valence electrons. The lowest BCUT2D eigenvalue weighted by Gasteiger charge is -2.44. The van der Waals surface area contributed by atoms with Gasteiger partial charge in [-0.25, -0.2) is 0 Å². The number of hydrogen-bond acceptors (Lipinski definition) is 5. The van der Waals surface area contributed by atoms with Gasteiger partial charge in [0.2, 0.25) is 0 Å². The quantitative estimate of drug-likeness (QED) is 0.653. The van der Waals surface area contributed by atoms with E-state index in [9.17, 15) is 4.79 Å². The summed E-state index contributed by atoms with van der Waals surface area (Å²) < 4.78 is 11.9. The highest BCUT2D eigenvalue weighted by Gasteiger charge is 2.59. The highest BCUT2D eigenvalue weighted by Crippen LogP contribution is 2.70. The van der Waals surface area contributed by atoms with Gasteiger partial charge in [0.25, 0.3) is 0 Å². The molecule has 4 rings (SSSR count). The van der Waals surface area contributed by atoms with Crippen LogP contribution in [0.5, 0.6) is 0 Å². The van der Waals surface area contributed by atoms with Gasteiger partial charge in [-0.3, -0.25) is 4.79 Å². The number of nitrogens with zero attached hydrogens (tertiary/aromatic N) is 1. The third-order valence-electron chi connectivity index (χ3n) is 6.75. The van der Waals surface area contributed by atoms with Gasteiger partial charge in [0, 0.05) is 36.0 Å². The van der Waals surface area contributed by atoms with Crippen LogP contribution in [-0.4, -0.2) is 49.8 Å². The van der Waals surface area contributed by atoms with E-state index < -0.39 is 0 Å². The van der Waals surface area contributed by atoms with E-state index in [2.05, 4.69) is 54.8 Å². The van der Waals surface area contributed by atoms with E-state index in [0.717, 1.165) is 32.5 Å². The lowest BCUT2D eigenvalue weighted by Crippen LogP contribution is -2.46. The molecule has 2 heterocycles. The van der Waals surface area contributed by atoms with Gasteiger partial charge in [-0.2, -0.15) is 0 Å². The average Bonchev–Trinajstić information content (AvgIpc) is 3.27. The third-order valence-corrected chi connectivity index (χ3v) is 8.48. The average molecular weight is 390 g/mol. The van der Waals surface area contributed by atoms with Gasteiger partial charge in [0.05, 0.1) is 12.5 Å². The maximum atomic E-state index is 12.6. The summed E-state index contributed by atoms with van der Waals surface area (Å²) in [6.07, 6.45) is 2.69. The molecule has 3 aliphatic rings. The Balaban J connectivity index is 1.49. The molecule has 6 atom stereocenters. The van der Waals surface area contributed by atoms with Crippen molar-refractivity contribution in [2.24, 2.45) is 11.8 Å². The van der Waals surface area contributed by atoms with Crippen LogP contribution in [0.15, 0.2) is 24.3 Å². The first-order valence-electron chi connectivity index (χ1n) is 10.4. The fourth-order valence-corrected chi connectivity index (χ4v) is 7.48. The summed E-state index contributed by atoms with van der Waals surface area (Å²) in [6, 6.07) is 8.82. The highest BCUT2D eigenvalue weighted by atomic mass is 32.2. The highest BCUT2D eigenvalue weighted by molar-refractivity contribution is 8.00. The fraction of sp³-hybridized carbons (Fsp3) is 0.682. The van der Waals surface area contributed by atoms with Crippen molar-refractivity contribution in [1.82, 2.24) is 4.90 Å². The van der Waals surface area contributed by atoms with Crippen LogP contribution >= 0.6 is 11.8 Å². The predicted molar refractivity (Wildman–Crippen MR) is 109 cm³/mol. The van der Waals surface area contributed by atoms with E-state index in [0.29, 0.717) is 28.8 Å². The van der Waals surface area contributed by atoms with E-state index in [4.69, 9.17) is 9.47 Å². The number of fused-ring (bicyclic) bond motifs is 8. The Labute approximate surface area is 167 Å². The zero-order valence-corrected chi connectivity index (χ0v) is 17.4. The van der Waals surface area contributed by atoms with Crippen LogP contribution in [-0.2, 0) is 14.3 Å². The zero-order chi connectivity index (χ0) is 19.0. The summed E-state index contributed by atoms with van der Waals surface area (Å²) in [5.41, 5.74) is 2.93. The van der Waals surface area contributed by atoms with Crippen LogP contribution in [0.3, 0.4) is 0 Å². The van der Waals surface area contributed by atoms with E-state index >= 15 is 0 Å². The van der Waals surface area contributed by atoms with Gasteiger partial charge in [0.1, 0.15) is 6.10 Å². The molecule has 2 unspecified atom stereocenters. The van der Waals surface area contributed by atoms with E-state index in [1.54, 1.807) is 0 Å². The van der Waals surface area contributed by atoms with E-state index in [-0.39, 0.29) is 18.2 Å². The van der Waals surface area contributed by atoms with Crippen LogP contribution in [0, 0.1) is 11.8 Å². The van der Waals surface area contributed by atoms with Gasteiger partial charge >= 0.3 is 5.97 Å². The molecule has 2 fully saturated rings. The third kappa shape index (κ3) is 3.43. The second-order valence-corrected chi connectivity index (χ2v) is 9.21. The fourth-order valence-electron chi connectivity index (χ4n) is 5.36. The van der Waals surface area contributed by atoms with Gasteiger partial charge in [-0.05, 0) is 37.1 Å². The molecule has 0 aromatic heterocycles. The number of hydrogen-bond donors (Lipinski definition) is 0. The van der Waals surface area contributed by atoms with Crippen molar-refractivity contribution >= 4 is 17.7 Å². The molecular weight excluding hydrogens is 358 g/mol. The number of carbonyl (C=O) groups excluding carboxylic acids is 1. The number of benzene rings is 1. The lowest BCUT2D eigenvalue weighted by atomic mass is 9.66. The van der Waals surface area contributed by atoms with Crippen molar-refractivity contribution in [3.05, 3.63) is 35.4 Å². The first-order valence-corrected chi connectivity index (χ1v) is 11.3. The first kappa shape index (κ1) is 19.3. The zero-order valence-electron chi connectivity index (χ0n) is 16.6. The van der Waals surface area contributed by atoms with Gasteiger partial charge in [-0.1, -0.05) is 38.1 Å². The topological polar surface area (TPSA) is 38.8 Å². The Kier molecular flexibility index (Phi) is 5.81. The summed E-state index contributed by atoms with van der Waals surface area (Å²) in [5.74, 6) is 0.794. The van der Waals surface area contributed by atoms with Crippen molar-refractivity contribution in [2.45, 2.75) is 55.8 Å². The molecule has 0 N–H and O–H groups in total. The van der Waals surface area contributed by atoms with Crippen LogP contribution in [0.4, 0.5) is 0 Å². The van der Waals surface area contributed by atoms with Crippen LogP contribution in [0.1, 0.15) is 54.7 Å². The van der Waals surface area contributed by atoms with Crippen molar-refractivity contribution in [3.63, 3.8) is 0 Å². The normalized spacial score (nSPS) is 33.8. The number of methoxy groups -OCH3 is 1. The van der Waals surface area contributed by atoms with Gasteiger partial charge in [-0.15, -0.1) is 11.8 Å².